The minimum Gasteiger partial charge on any atom is -0.458 e. The second-order valence-corrected chi connectivity index (χ2v) is 12.7. The summed E-state index contributed by atoms with van der Waals surface area (Å²) in [5.41, 5.74) is 1.56. The van der Waals surface area contributed by atoms with Gasteiger partial charge >= 0.3 is 5.97 Å². The van der Waals surface area contributed by atoms with E-state index in [0.717, 1.165) is 42.1 Å². The van der Waals surface area contributed by atoms with Gasteiger partial charge in [-0.25, -0.2) is 0 Å². The molecule has 0 heterocycles. The summed E-state index contributed by atoms with van der Waals surface area (Å²) in [5.74, 6) is 4.39. The quantitative estimate of drug-likeness (QED) is 0.411. The summed E-state index contributed by atoms with van der Waals surface area (Å²) in [6.07, 6.45) is 13.5. The number of ether oxygens (including phenoxy) is 1. The van der Waals surface area contributed by atoms with Crippen molar-refractivity contribution in [1.82, 2.24) is 0 Å². The molecule has 4 rings (SSSR count). The van der Waals surface area contributed by atoms with Crippen molar-refractivity contribution in [3.8, 4) is 0 Å². The molecule has 4 aliphatic carbocycles. The van der Waals surface area contributed by atoms with Crippen LogP contribution in [0, 0.1) is 46.3 Å². The minimum absolute atomic E-state index is 0.0131. The average molecular weight is 443 g/mol. The largest absolute Gasteiger partial charge is 0.458 e. The van der Waals surface area contributed by atoms with Crippen molar-refractivity contribution in [1.29, 1.82) is 0 Å². The van der Waals surface area contributed by atoms with Crippen LogP contribution in [-0.2, 0) is 14.3 Å². The second-order valence-electron chi connectivity index (χ2n) is 12.7. The van der Waals surface area contributed by atoms with Crippen molar-refractivity contribution < 1.29 is 14.3 Å². The molecule has 3 heteroatoms. The molecule has 0 aromatic heterocycles. The summed E-state index contributed by atoms with van der Waals surface area (Å²) in [5, 5.41) is 0. The molecule has 0 saturated heterocycles. The number of fused-ring (bicyclic) bond motifs is 5. The lowest BCUT2D eigenvalue weighted by atomic mass is 9.46. The molecule has 0 amide bonds. The average Bonchev–Trinajstić information content (AvgIpc) is 3.06. The highest BCUT2D eigenvalue weighted by Gasteiger charge is 2.61. The fourth-order valence-electron chi connectivity index (χ4n) is 8.92. The van der Waals surface area contributed by atoms with Gasteiger partial charge in [-0.2, -0.15) is 0 Å². The lowest BCUT2D eigenvalue weighted by Gasteiger charge is -2.59. The molecule has 3 fully saturated rings. The summed E-state index contributed by atoms with van der Waals surface area (Å²) in [6, 6.07) is 0. The van der Waals surface area contributed by atoms with Crippen molar-refractivity contribution in [2.45, 2.75) is 112 Å². The summed E-state index contributed by atoms with van der Waals surface area (Å²) >= 11 is 0. The zero-order valence-corrected chi connectivity index (χ0v) is 21.4. The third-order valence-corrected chi connectivity index (χ3v) is 10.5. The van der Waals surface area contributed by atoms with Gasteiger partial charge in [0.1, 0.15) is 6.10 Å². The van der Waals surface area contributed by atoms with E-state index < -0.39 is 0 Å². The van der Waals surface area contributed by atoms with E-state index in [1.165, 1.54) is 51.9 Å². The molecule has 0 N–H and O–H groups in total. The number of hydrogen-bond donors (Lipinski definition) is 0. The Morgan fingerprint density at radius 1 is 1.09 bits per heavy atom. The fourth-order valence-corrected chi connectivity index (χ4v) is 8.92. The van der Waals surface area contributed by atoms with Crippen LogP contribution in [-0.4, -0.2) is 17.9 Å². The monoisotopic (exact) mass is 442 g/mol. The molecule has 180 valence electrons. The van der Waals surface area contributed by atoms with E-state index in [1.807, 2.05) is 6.08 Å². The molecule has 0 spiro atoms. The van der Waals surface area contributed by atoms with Gasteiger partial charge in [0.2, 0.25) is 0 Å². The summed E-state index contributed by atoms with van der Waals surface area (Å²) < 4.78 is 5.89. The Morgan fingerprint density at radius 2 is 1.84 bits per heavy atom. The molecular weight excluding hydrogens is 396 g/mol. The van der Waals surface area contributed by atoms with Crippen LogP contribution >= 0.6 is 0 Å². The Balaban J connectivity index is 1.58. The van der Waals surface area contributed by atoms with Crippen LogP contribution in [0.2, 0.25) is 0 Å². The van der Waals surface area contributed by atoms with E-state index >= 15 is 0 Å². The molecule has 3 saturated carbocycles. The van der Waals surface area contributed by atoms with Gasteiger partial charge in [0.05, 0.1) is 0 Å². The van der Waals surface area contributed by atoms with Crippen LogP contribution in [0.1, 0.15) is 106 Å². The first-order chi connectivity index (χ1) is 15.1. The van der Waals surface area contributed by atoms with Gasteiger partial charge in [0.25, 0.3) is 0 Å². The zero-order valence-electron chi connectivity index (χ0n) is 21.4. The van der Waals surface area contributed by atoms with Crippen LogP contribution in [0.15, 0.2) is 11.6 Å². The molecular formula is C29H46O3. The Bertz CT molecular complexity index is 766. The van der Waals surface area contributed by atoms with Crippen molar-refractivity contribution >= 4 is 11.8 Å². The lowest BCUT2D eigenvalue weighted by molar-refractivity contribution is -0.153. The van der Waals surface area contributed by atoms with Crippen molar-refractivity contribution in [3.05, 3.63) is 11.6 Å². The number of rotatable bonds is 6. The number of carbonyl (C=O) groups is 2. The van der Waals surface area contributed by atoms with E-state index in [9.17, 15) is 9.59 Å². The first kappa shape index (κ1) is 24.0. The SMILES string of the molecule is CC(=O)OC1CC2C(CCC3(C)C(C(C)CCCC(C)C)CCC23)C2(C)CCC(=O)C=C12. The molecule has 4 aliphatic rings. The van der Waals surface area contributed by atoms with Gasteiger partial charge < -0.3 is 4.74 Å². The Morgan fingerprint density at radius 3 is 2.53 bits per heavy atom. The molecule has 8 unspecified atom stereocenters. The van der Waals surface area contributed by atoms with E-state index in [4.69, 9.17) is 4.74 Å². The van der Waals surface area contributed by atoms with Gasteiger partial charge in [-0.15, -0.1) is 0 Å². The van der Waals surface area contributed by atoms with Crippen LogP contribution in [0.3, 0.4) is 0 Å². The molecule has 0 aliphatic heterocycles. The highest BCUT2D eigenvalue weighted by Crippen LogP contribution is 2.68. The highest BCUT2D eigenvalue weighted by atomic mass is 16.5. The van der Waals surface area contributed by atoms with Crippen molar-refractivity contribution in [2.75, 3.05) is 0 Å². The Labute approximate surface area is 196 Å². The van der Waals surface area contributed by atoms with Crippen molar-refractivity contribution in [2.24, 2.45) is 46.3 Å². The minimum atomic E-state index is -0.212. The van der Waals surface area contributed by atoms with Crippen LogP contribution in [0.4, 0.5) is 0 Å². The van der Waals surface area contributed by atoms with Crippen LogP contribution in [0.25, 0.3) is 0 Å². The van der Waals surface area contributed by atoms with Gasteiger partial charge in [0, 0.05) is 13.3 Å². The van der Waals surface area contributed by atoms with Gasteiger partial charge in [-0.05, 0) is 96.5 Å². The lowest BCUT2D eigenvalue weighted by Crippen LogP contribution is -2.54. The maximum absolute atomic E-state index is 12.3. The smallest absolute Gasteiger partial charge is 0.303 e. The first-order valence-electron chi connectivity index (χ1n) is 13.5. The number of carbonyl (C=O) groups excluding carboxylic acids is 2. The highest BCUT2D eigenvalue weighted by molar-refractivity contribution is 5.92. The normalized spacial score (nSPS) is 42.0. The molecule has 3 nitrogen and oxygen atoms in total. The van der Waals surface area contributed by atoms with Gasteiger partial charge in [0.15, 0.2) is 5.78 Å². The summed E-state index contributed by atoms with van der Waals surface area (Å²) in [7, 11) is 0. The van der Waals surface area contributed by atoms with E-state index in [2.05, 4.69) is 34.6 Å². The third-order valence-electron chi connectivity index (χ3n) is 10.5. The number of hydrogen-bond acceptors (Lipinski definition) is 3. The Kier molecular flexibility index (Phi) is 6.69. The molecule has 8 atom stereocenters. The molecule has 0 radical (unpaired) electrons. The maximum Gasteiger partial charge on any atom is 0.303 e. The van der Waals surface area contributed by atoms with Crippen LogP contribution in [0.5, 0.6) is 0 Å². The Hall–Kier alpha value is -1.12. The predicted octanol–water partition coefficient (Wildman–Crippen LogP) is 7.14. The molecule has 0 aromatic rings. The molecule has 0 aromatic carbocycles. The zero-order chi connectivity index (χ0) is 23.3. The van der Waals surface area contributed by atoms with E-state index in [0.29, 0.717) is 23.7 Å². The first-order valence-corrected chi connectivity index (χ1v) is 13.5. The van der Waals surface area contributed by atoms with E-state index in [1.54, 1.807) is 0 Å². The van der Waals surface area contributed by atoms with Gasteiger partial charge in [-0.1, -0.05) is 53.9 Å². The van der Waals surface area contributed by atoms with E-state index in [-0.39, 0.29) is 23.3 Å². The summed E-state index contributed by atoms with van der Waals surface area (Å²) in [6.45, 7) is 13.7. The maximum atomic E-state index is 12.3. The topological polar surface area (TPSA) is 43.4 Å². The summed E-state index contributed by atoms with van der Waals surface area (Å²) in [4.78, 5) is 24.3. The third kappa shape index (κ3) is 4.11. The number of esters is 1. The predicted molar refractivity (Wildman–Crippen MR) is 129 cm³/mol. The molecule has 0 bridgehead atoms. The number of ketones is 1. The standard InChI is InChI=1S/C29H46O3/c1-18(2)8-7-9-19(3)23-10-11-24-22-17-27(32-20(4)30)26-16-21(31)12-14-29(26,6)25(22)13-15-28(23,24)5/h16,18-19,22-25,27H,7-15,17H2,1-6H3. The fraction of sp³-hybridized carbons (Fsp3) is 0.862. The second kappa shape index (κ2) is 8.91. The van der Waals surface area contributed by atoms with Crippen molar-refractivity contribution in [3.63, 3.8) is 0 Å². The van der Waals surface area contributed by atoms with Crippen LogP contribution < -0.4 is 0 Å². The van der Waals surface area contributed by atoms with Gasteiger partial charge in [-0.3, -0.25) is 9.59 Å². The molecule has 32 heavy (non-hydrogen) atoms.